The molecule has 0 amide bonds. The molecular formula is C69H52N2. The minimum atomic E-state index is -0.579. The Morgan fingerprint density at radius 2 is 0.817 bits per heavy atom. The average molecular weight is 909 g/mol. The Hall–Kier alpha value is -8.46. The van der Waals surface area contributed by atoms with Gasteiger partial charge in [0.05, 0.1) is 11.1 Å². The molecule has 0 aromatic heterocycles. The maximum atomic E-state index is 2.53. The lowest BCUT2D eigenvalue weighted by molar-refractivity contribution is 0.443. The summed E-state index contributed by atoms with van der Waals surface area (Å²) in [4.78, 5) is 4.96. The molecule has 1 atom stereocenters. The lowest BCUT2D eigenvalue weighted by atomic mass is 9.70. The van der Waals surface area contributed by atoms with E-state index in [2.05, 4.69) is 259 Å². The summed E-state index contributed by atoms with van der Waals surface area (Å²) in [5, 5.41) is 4.91. The third-order valence-corrected chi connectivity index (χ3v) is 16.0. The highest BCUT2D eigenvalue weighted by molar-refractivity contribution is 6.07. The highest BCUT2D eigenvalue weighted by Gasteiger charge is 2.52. The van der Waals surface area contributed by atoms with Crippen LogP contribution >= 0.6 is 0 Å². The first-order chi connectivity index (χ1) is 35.2. The lowest BCUT2D eigenvalue weighted by Crippen LogP contribution is -2.26. The number of hydrogen-bond acceptors (Lipinski definition) is 2. The first-order valence-corrected chi connectivity index (χ1v) is 25.5. The number of hydrogen-bond donors (Lipinski definition) is 0. The van der Waals surface area contributed by atoms with Gasteiger partial charge in [-0.05, 0) is 169 Å². The van der Waals surface area contributed by atoms with Gasteiger partial charge in [-0.2, -0.15) is 0 Å². The summed E-state index contributed by atoms with van der Waals surface area (Å²) in [6.45, 7) is 0. The summed E-state index contributed by atoms with van der Waals surface area (Å²) in [5.74, 6) is 0.651. The van der Waals surface area contributed by atoms with Gasteiger partial charge in [0.25, 0.3) is 0 Å². The van der Waals surface area contributed by atoms with Gasteiger partial charge in [0.15, 0.2) is 0 Å². The fourth-order valence-corrected chi connectivity index (χ4v) is 12.8. The fourth-order valence-electron chi connectivity index (χ4n) is 12.8. The Morgan fingerprint density at radius 1 is 0.324 bits per heavy atom. The predicted molar refractivity (Wildman–Crippen MR) is 298 cm³/mol. The second-order valence-corrected chi connectivity index (χ2v) is 19.8. The Bertz CT molecular complexity index is 3800. The van der Waals surface area contributed by atoms with Crippen molar-refractivity contribution in [1.82, 2.24) is 0 Å². The van der Waals surface area contributed by atoms with Crippen LogP contribution in [0.5, 0.6) is 0 Å². The minimum Gasteiger partial charge on any atom is -0.310 e. The molecule has 0 saturated heterocycles. The summed E-state index contributed by atoms with van der Waals surface area (Å²) < 4.78 is 0. The van der Waals surface area contributed by atoms with Gasteiger partial charge in [-0.3, -0.25) is 0 Å². The van der Waals surface area contributed by atoms with E-state index in [0.29, 0.717) is 5.92 Å². The van der Waals surface area contributed by atoms with Crippen molar-refractivity contribution in [2.75, 3.05) is 9.80 Å². The van der Waals surface area contributed by atoms with Crippen LogP contribution in [-0.2, 0) is 5.41 Å². The zero-order chi connectivity index (χ0) is 46.9. The van der Waals surface area contributed by atoms with Gasteiger partial charge in [-0.1, -0.05) is 195 Å². The van der Waals surface area contributed by atoms with Crippen molar-refractivity contribution in [3.8, 4) is 33.4 Å². The molecule has 11 aromatic carbocycles. The van der Waals surface area contributed by atoms with Gasteiger partial charge in [-0.25, -0.2) is 0 Å². The molecule has 2 heteroatoms. The topological polar surface area (TPSA) is 6.48 Å². The lowest BCUT2D eigenvalue weighted by Gasteiger charge is -2.34. The first kappa shape index (κ1) is 41.5. The van der Waals surface area contributed by atoms with Crippen LogP contribution in [-0.4, -0.2) is 0 Å². The van der Waals surface area contributed by atoms with E-state index in [1.807, 2.05) is 0 Å². The van der Waals surface area contributed by atoms with E-state index in [-0.39, 0.29) is 0 Å². The zero-order valence-electron chi connectivity index (χ0n) is 39.7. The highest BCUT2D eigenvalue weighted by atomic mass is 15.1. The number of anilines is 6. The van der Waals surface area contributed by atoms with Crippen molar-refractivity contribution < 1.29 is 0 Å². The maximum Gasteiger partial charge on any atom is 0.0727 e. The predicted octanol–water partition coefficient (Wildman–Crippen LogP) is 19.0. The second kappa shape index (κ2) is 16.9. The number of benzene rings is 11. The standard InChI is InChI=1S/C69H52N2/c1-4-18-47(19-5-1)49-34-37-55(38-35-49)70(53-23-6-2-7-24-53)56-39-41-61-59-28-14-16-30-63(59)69(65(61)45-56)64-31-17-15-29-60(64)62-42-40-57(46-66(62)69)71(54-25-8-3-9-26-54)67-43-36-50-21-12-13-27-58(50)68(67)52-33-32-48-20-10-11-22-51(48)44-52/h2-3,6-17,20-47H,1,4-5,18-19H2. The van der Waals surface area contributed by atoms with E-state index < -0.39 is 5.41 Å². The van der Waals surface area contributed by atoms with Crippen LogP contribution < -0.4 is 9.80 Å². The molecule has 71 heavy (non-hydrogen) atoms. The van der Waals surface area contributed by atoms with Crippen LogP contribution in [0.3, 0.4) is 0 Å². The van der Waals surface area contributed by atoms with Crippen molar-refractivity contribution in [3.63, 3.8) is 0 Å². The smallest absolute Gasteiger partial charge is 0.0727 e. The van der Waals surface area contributed by atoms with Crippen molar-refractivity contribution in [3.05, 3.63) is 277 Å². The molecule has 14 rings (SSSR count). The quantitative estimate of drug-likeness (QED) is 0.150. The molecule has 1 fully saturated rings. The summed E-state index contributed by atoms with van der Waals surface area (Å²) in [5.41, 5.74) is 20.5. The Balaban J connectivity index is 0.995. The van der Waals surface area contributed by atoms with E-state index in [4.69, 9.17) is 0 Å². The van der Waals surface area contributed by atoms with Crippen molar-refractivity contribution in [1.29, 1.82) is 0 Å². The van der Waals surface area contributed by atoms with Gasteiger partial charge in [-0.15, -0.1) is 0 Å². The number of fused-ring (bicyclic) bond motifs is 12. The van der Waals surface area contributed by atoms with Gasteiger partial charge >= 0.3 is 0 Å². The van der Waals surface area contributed by atoms with Crippen LogP contribution in [0.15, 0.2) is 249 Å². The Morgan fingerprint density at radius 3 is 1.48 bits per heavy atom. The van der Waals surface area contributed by atoms with E-state index in [9.17, 15) is 0 Å². The molecule has 338 valence electrons. The molecule has 0 heterocycles. The SMILES string of the molecule is c1ccc(N(c2ccc(C3CCCCC3)cc2)c2ccc3c(c2)C2(c4ccccc4-3)c3ccccc3-c3ccc(N(c4ccccc4)c4ccc5ccccc5c4-c4ccc5ccccc5c4)cc32)cc1. The largest absolute Gasteiger partial charge is 0.310 e. The molecule has 0 N–H and O–H groups in total. The van der Waals surface area contributed by atoms with Crippen LogP contribution in [0.4, 0.5) is 34.1 Å². The Kier molecular flexibility index (Phi) is 9.88. The van der Waals surface area contributed by atoms with Gasteiger partial charge in [0, 0.05) is 34.0 Å². The van der Waals surface area contributed by atoms with Crippen molar-refractivity contribution in [2.24, 2.45) is 0 Å². The fraction of sp³-hybridized carbons (Fsp3) is 0.101. The number of rotatable bonds is 8. The molecular weight excluding hydrogens is 857 g/mol. The van der Waals surface area contributed by atoms with E-state index in [1.54, 1.807) is 0 Å². The van der Waals surface area contributed by atoms with Gasteiger partial charge in [0.2, 0.25) is 0 Å². The molecule has 1 spiro atoms. The van der Waals surface area contributed by atoms with Gasteiger partial charge < -0.3 is 9.80 Å². The summed E-state index contributed by atoms with van der Waals surface area (Å²) in [7, 11) is 0. The summed E-state index contributed by atoms with van der Waals surface area (Å²) in [6, 6.07) is 93.4. The van der Waals surface area contributed by atoms with E-state index >= 15 is 0 Å². The molecule has 1 unspecified atom stereocenters. The molecule has 0 bridgehead atoms. The third kappa shape index (κ3) is 6.62. The number of nitrogens with zero attached hydrogens (tertiary/aromatic N) is 2. The second-order valence-electron chi connectivity index (χ2n) is 19.8. The average Bonchev–Trinajstić information content (AvgIpc) is 3.91. The van der Waals surface area contributed by atoms with Crippen LogP contribution in [0, 0.1) is 0 Å². The maximum absolute atomic E-state index is 2.53. The van der Waals surface area contributed by atoms with Crippen molar-refractivity contribution in [2.45, 2.75) is 43.4 Å². The monoisotopic (exact) mass is 908 g/mol. The molecule has 2 nitrogen and oxygen atoms in total. The first-order valence-electron chi connectivity index (χ1n) is 25.5. The molecule has 0 radical (unpaired) electrons. The summed E-state index contributed by atoms with van der Waals surface area (Å²) in [6.07, 6.45) is 6.60. The summed E-state index contributed by atoms with van der Waals surface area (Å²) >= 11 is 0. The molecule has 11 aromatic rings. The molecule has 1 saturated carbocycles. The van der Waals surface area contributed by atoms with Gasteiger partial charge in [0.1, 0.15) is 0 Å². The van der Waals surface area contributed by atoms with Crippen molar-refractivity contribution >= 4 is 55.7 Å². The third-order valence-electron chi connectivity index (χ3n) is 16.0. The zero-order valence-corrected chi connectivity index (χ0v) is 39.7. The van der Waals surface area contributed by atoms with Crippen LogP contribution in [0.1, 0.15) is 65.8 Å². The molecule has 0 aliphatic heterocycles. The van der Waals surface area contributed by atoms with E-state index in [1.165, 1.54) is 121 Å². The molecule has 3 aliphatic rings. The van der Waals surface area contributed by atoms with Crippen LogP contribution in [0.25, 0.3) is 54.9 Å². The molecule has 3 aliphatic carbocycles. The number of para-hydroxylation sites is 2. The van der Waals surface area contributed by atoms with E-state index in [0.717, 1.165) is 28.4 Å². The normalized spacial score (nSPS) is 15.6. The highest BCUT2D eigenvalue weighted by Crippen LogP contribution is 2.64. The minimum absolute atomic E-state index is 0.579. The van der Waals surface area contributed by atoms with Crippen LogP contribution in [0.2, 0.25) is 0 Å². The Labute approximate surface area is 416 Å².